The number of halogens is 2. The number of hydrogen-bond acceptors (Lipinski definition) is 6. The second-order valence-electron chi connectivity index (χ2n) is 7.15. The molecule has 1 saturated heterocycles. The van der Waals surface area contributed by atoms with Crippen LogP contribution in [0, 0.1) is 0 Å². The lowest BCUT2D eigenvalue weighted by Gasteiger charge is -2.22. The number of nitrogens with zero attached hydrogens (tertiary/aromatic N) is 2. The Morgan fingerprint density at radius 2 is 1.88 bits per heavy atom. The number of thioether (sulfide) groups is 1. The van der Waals surface area contributed by atoms with Gasteiger partial charge in [0.25, 0.3) is 11.1 Å². The fourth-order valence-corrected chi connectivity index (χ4v) is 4.57. The molecule has 1 fully saturated rings. The lowest BCUT2D eigenvalue weighted by molar-refractivity contribution is -0.127. The average Bonchev–Trinajstić information content (AvgIpc) is 3.02. The van der Waals surface area contributed by atoms with Crippen molar-refractivity contribution in [3.8, 4) is 5.75 Å². The molecule has 10 heteroatoms. The Labute approximate surface area is 206 Å². The van der Waals surface area contributed by atoms with Crippen molar-refractivity contribution >= 4 is 63.8 Å². The average molecular weight is 508 g/mol. The molecule has 3 rings (SSSR count). The van der Waals surface area contributed by atoms with E-state index in [1.54, 1.807) is 24.3 Å². The summed E-state index contributed by atoms with van der Waals surface area (Å²) in [6.45, 7) is 5.46. The smallest absolute Gasteiger partial charge is 0.294 e. The first kappa shape index (κ1) is 25.0. The van der Waals surface area contributed by atoms with E-state index in [1.165, 1.54) is 0 Å². The fraction of sp³-hybridized carbons (Fsp3) is 0.261. The van der Waals surface area contributed by atoms with E-state index in [0.29, 0.717) is 21.4 Å². The molecule has 0 unspecified atom stereocenters. The van der Waals surface area contributed by atoms with E-state index < -0.39 is 23.6 Å². The van der Waals surface area contributed by atoms with E-state index >= 15 is 0 Å². The molecule has 2 N–H and O–H groups in total. The summed E-state index contributed by atoms with van der Waals surface area (Å²) in [4.78, 5) is 39.2. The minimum Gasteiger partial charge on any atom is -0.488 e. The summed E-state index contributed by atoms with van der Waals surface area (Å²) in [6, 6.07) is 10.8. The zero-order chi connectivity index (χ0) is 24.1. The minimum atomic E-state index is -0.758. The number of rotatable bonds is 9. The van der Waals surface area contributed by atoms with Crippen molar-refractivity contribution in [1.82, 2.24) is 4.90 Å². The molecule has 1 aliphatic heterocycles. The van der Waals surface area contributed by atoms with Crippen LogP contribution in [0.5, 0.6) is 5.75 Å². The molecule has 2 aromatic carbocycles. The first-order chi connectivity index (χ1) is 15.7. The van der Waals surface area contributed by atoms with Crippen molar-refractivity contribution in [3.63, 3.8) is 0 Å². The van der Waals surface area contributed by atoms with Crippen molar-refractivity contribution in [3.05, 3.63) is 62.5 Å². The highest BCUT2D eigenvalue weighted by atomic mass is 35.5. The molecule has 33 heavy (non-hydrogen) atoms. The van der Waals surface area contributed by atoms with Gasteiger partial charge in [-0.05, 0) is 56.0 Å². The molecule has 0 aliphatic carbocycles. The first-order valence-corrected chi connectivity index (χ1v) is 11.8. The fourth-order valence-electron chi connectivity index (χ4n) is 3.28. The number of amides is 3. The zero-order valence-corrected chi connectivity index (χ0v) is 20.5. The van der Waals surface area contributed by atoms with E-state index in [-0.39, 0.29) is 11.5 Å². The summed E-state index contributed by atoms with van der Waals surface area (Å²) in [6.07, 6.45) is 1.58. The van der Waals surface area contributed by atoms with Gasteiger partial charge in [-0.25, -0.2) is 0 Å². The summed E-state index contributed by atoms with van der Waals surface area (Å²) < 4.78 is 6.10. The van der Waals surface area contributed by atoms with Gasteiger partial charge in [-0.15, -0.1) is 0 Å². The van der Waals surface area contributed by atoms with Gasteiger partial charge < -0.3 is 15.4 Å². The first-order valence-electron chi connectivity index (χ1n) is 10.2. The van der Waals surface area contributed by atoms with Crippen LogP contribution in [-0.2, 0) is 16.2 Å². The van der Waals surface area contributed by atoms with Gasteiger partial charge in [0.1, 0.15) is 18.9 Å². The van der Waals surface area contributed by atoms with Gasteiger partial charge in [-0.2, -0.15) is 0 Å². The molecule has 1 aliphatic rings. The SMILES string of the molecule is CCN(CC)c1ccc(/C=C2\SC(=O)N(CC(N)=O)C2=O)c(OCc2ccc(Cl)cc2Cl)c1. The number of nitrogens with two attached hydrogens (primary N) is 1. The molecular weight excluding hydrogens is 485 g/mol. The minimum absolute atomic E-state index is 0.182. The second kappa shape index (κ2) is 11.0. The number of carbonyl (C=O) groups excluding carboxylic acids is 3. The topological polar surface area (TPSA) is 92.9 Å². The Morgan fingerprint density at radius 1 is 1.15 bits per heavy atom. The molecule has 1 heterocycles. The van der Waals surface area contributed by atoms with Gasteiger partial charge >= 0.3 is 0 Å². The standard InChI is InChI=1S/C23H23Cl2N3O4S/c1-3-27(4-2)17-8-6-14(9-20-22(30)28(12-21(26)29)23(31)33-20)19(11-17)32-13-15-5-7-16(24)10-18(15)25/h5-11H,3-4,12-13H2,1-2H3,(H2,26,29)/b20-9-. The van der Waals surface area contributed by atoms with Gasteiger partial charge in [-0.1, -0.05) is 29.3 Å². The monoisotopic (exact) mass is 507 g/mol. The van der Waals surface area contributed by atoms with Crippen LogP contribution >= 0.6 is 35.0 Å². The largest absolute Gasteiger partial charge is 0.488 e. The molecule has 0 atom stereocenters. The highest BCUT2D eigenvalue weighted by Gasteiger charge is 2.36. The molecule has 0 spiro atoms. The second-order valence-corrected chi connectivity index (χ2v) is 8.99. The van der Waals surface area contributed by atoms with Crippen LogP contribution in [0.1, 0.15) is 25.0 Å². The molecule has 3 amide bonds. The predicted octanol–water partition coefficient (Wildman–Crippen LogP) is 4.94. The van der Waals surface area contributed by atoms with Crippen molar-refractivity contribution in [1.29, 1.82) is 0 Å². The molecule has 0 saturated carbocycles. The summed E-state index contributed by atoms with van der Waals surface area (Å²) in [7, 11) is 0. The zero-order valence-electron chi connectivity index (χ0n) is 18.1. The number of carbonyl (C=O) groups is 3. The van der Waals surface area contributed by atoms with E-state index in [4.69, 9.17) is 33.7 Å². The van der Waals surface area contributed by atoms with Crippen LogP contribution < -0.4 is 15.4 Å². The number of imide groups is 1. The van der Waals surface area contributed by atoms with E-state index in [9.17, 15) is 14.4 Å². The lowest BCUT2D eigenvalue weighted by atomic mass is 10.1. The third-order valence-electron chi connectivity index (χ3n) is 5.00. The van der Waals surface area contributed by atoms with Gasteiger partial charge in [0.15, 0.2) is 0 Å². The van der Waals surface area contributed by atoms with Gasteiger partial charge in [0.2, 0.25) is 5.91 Å². The summed E-state index contributed by atoms with van der Waals surface area (Å²) in [5, 5.41) is 0.469. The Hall–Kier alpha value is -2.68. The number of anilines is 1. The molecule has 0 bridgehead atoms. The molecule has 7 nitrogen and oxygen atoms in total. The lowest BCUT2D eigenvalue weighted by Crippen LogP contribution is -2.36. The van der Waals surface area contributed by atoms with Gasteiger partial charge in [0, 0.05) is 46.0 Å². The molecule has 2 aromatic rings. The van der Waals surface area contributed by atoms with Gasteiger partial charge in [0.05, 0.1) is 4.91 Å². The third kappa shape index (κ3) is 6.01. The molecule has 174 valence electrons. The summed E-state index contributed by atoms with van der Waals surface area (Å²) >= 11 is 13.0. The number of hydrogen-bond donors (Lipinski definition) is 1. The maximum Gasteiger partial charge on any atom is 0.294 e. The van der Waals surface area contributed by atoms with Crippen LogP contribution in [0.3, 0.4) is 0 Å². The van der Waals surface area contributed by atoms with Crippen molar-refractivity contribution in [2.24, 2.45) is 5.73 Å². The quantitative estimate of drug-likeness (QED) is 0.483. The molecule has 0 radical (unpaired) electrons. The Kier molecular flexibility index (Phi) is 8.29. The van der Waals surface area contributed by atoms with Crippen molar-refractivity contribution in [2.45, 2.75) is 20.5 Å². The third-order valence-corrected chi connectivity index (χ3v) is 6.49. The predicted molar refractivity (Wildman–Crippen MR) is 133 cm³/mol. The van der Waals surface area contributed by atoms with E-state index in [0.717, 1.165) is 41.0 Å². The molecule has 0 aromatic heterocycles. The van der Waals surface area contributed by atoms with E-state index in [2.05, 4.69) is 18.7 Å². The molecular formula is C23H23Cl2N3O4S. The highest BCUT2D eigenvalue weighted by Crippen LogP contribution is 2.35. The van der Waals surface area contributed by atoms with Crippen molar-refractivity contribution < 1.29 is 19.1 Å². The maximum atomic E-state index is 12.6. The van der Waals surface area contributed by atoms with Gasteiger partial charge in [-0.3, -0.25) is 19.3 Å². The Bertz CT molecular complexity index is 1120. The summed E-state index contributed by atoms with van der Waals surface area (Å²) in [5.74, 6) is -0.804. The highest BCUT2D eigenvalue weighted by molar-refractivity contribution is 8.18. The van der Waals surface area contributed by atoms with Crippen molar-refractivity contribution in [2.75, 3.05) is 24.5 Å². The summed E-state index contributed by atoms with van der Waals surface area (Å²) in [5.41, 5.74) is 7.47. The Balaban J connectivity index is 1.95. The normalized spacial score (nSPS) is 14.8. The number of ether oxygens (including phenoxy) is 1. The Morgan fingerprint density at radius 3 is 2.52 bits per heavy atom. The van der Waals surface area contributed by atoms with Crippen LogP contribution in [0.2, 0.25) is 10.0 Å². The number of primary amides is 1. The van der Waals surface area contributed by atoms with E-state index in [1.807, 2.05) is 18.2 Å². The van der Waals surface area contributed by atoms with Crippen LogP contribution in [0.4, 0.5) is 10.5 Å². The van der Waals surface area contributed by atoms with Crippen LogP contribution in [0.25, 0.3) is 6.08 Å². The van der Waals surface area contributed by atoms with Crippen LogP contribution in [-0.4, -0.2) is 41.6 Å². The number of benzene rings is 2. The maximum absolute atomic E-state index is 12.6. The van der Waals surface area contributed by atoms with Crippen LogP contribution in [0.15, 0.2) is 41.3 Å².